The van der Waals surface area contributed by atoms with Gasteiger partial charge in [-0.25, -0.2) is 14.8 Å². The van der Waals surface area contributed by atoms with Gasteiger partial charge in [-0.3, -0.25) is 14.9 Å². The van der Waals surface area contributed by atoms with Crippen LogP contribution in [0.1, 0.15) is 115 Å². The summed E-state index contributed by atoms with van der Waals surface area (Å²) in [5, 5.41) is 8.26. The van der Waals surface area contributed by atoms with Crippen LogP contribution in [0.3, 0.4) is 0 Å². The molecule has 0 unspecified atom stereocenters. The molecule has 0 spiro atoms. The van der Waals surface area contributed by atoms with Crippen molar-refractivity contribution in [1.29, 1.82) is 0 Å². The van der Waals surface area contributed by atoms with Crippen molar-refractivity contribution in [3.63, 3.8) is 0 Å². The average Bonchev–Trinajstić information content (AvgIpc) is 4.10. The maximum Gasteiger partial charge on any atom is 0.407 e. The normalized spacial score (nSPS) is 22.4. The number of nitrogens with one attached hydrogen (secondary N) is 4. The number of nitrogens with zero attached hydrogens (tertiary/aromatic N) is 4. The predicted molar refractivity (Wildman–Crippen MR) is 237 cm³/mol. The molecule has 0 bridgehead atoms. The first-order chi connectivity index (χ1) is 30.0. The second kappa shape index (κ2) is 17.4. The summed E-state index contributed by atoms with van der Waals surface area (Å²) in [7, 11) is 2.97. The predicted octanol–water partition coefficient (Wildman–Crippen LogP) is 8.29. The Labute approximate surface area is 362 Å². The van der Waals surface area contributed by atoms with E-state index in [0.29, 0.717) is 19.3 Å². The Morgan fingerprint density at radius 1 is 0.855 bits per heavy atom. The molecule has 4 aliphatic rings. The fourth-order valence-corrected chi connectivity index (χ4v) is 10.6. The summed E-state index contributed by atoms with van der Waals surface area (Å²) >= 11 is 0. The van der Waals surface area contributed by atoms with E-state index in [2.05, 4.69) is 74.9 Å². The minimum Gasteiger partial charge on any atom is -0.488 e. The summed E-state index contributed by atoms with van der Waals surface area (Å²) < 4.78 is 16.7. The summed E-state index contributed by atoms with van der Waals surface area (Å²) in [6, 6.07) is 13.7. The van der Waals surface area contributed by atoms with E-state index in [1.54, 1.807) is 7.11 Å². The Kier molecular flexibility index (Phi) is 11.7. The number of hydrogen-bond donors (Lipinski definition) is 4. The molecule has 3 aromatic carbocycles. The summed E-state index contributed by atoms with van der Waals surface area (Å²) in [6.07, 6.45) is 10.3. The molecule has 2 saturated heterocycles. The molecule has 1 saturated carbocycles. The standard InChI is InChI=1S/C48H60N8O6/c1-26(2)41(54-48(59)61-6)46(57)55-27(3)12-18-38(55)44-49-23-37(52-44)31-14-16-33-32(20-31)24-62-40-22-34-30(21-35(33)40)15-17-36-43(34)53-45(51-36)39-19-13-28(4)56(39)47(58)42(50-25-60-5)29-10-8-7-9-11-29/h14-17,20-23,26-29,38-39,41-42,50H,7-13,18-19,24-25H2,1-6H3,(H,49,52)(H,51,53)(H,54,59)/t27-,28-,38-,39-,41-,42-/m0/s1. The van der Waals surface area contributed by atoms with Crippen LogP contribution >= 0.6 is 0 Å². The molecule has 1 aliphatic carbocycles. The van der Waals surface area contributed by atoms with Crippen LogP contribution in [0.25, 0.3) is 44.2 Å². The van der Waals surface area contributed by atoms with Gasteiger partial charge in [0.2, 0.25) is 11.8 Å². The summed E-state index contributed by atoms with van der Waals surface area (Å²) in [4.78, 5) is 61.6. The summed E-state index contributed by atoms with van der Waals surface area (Å²) in [5.74, 6) is 2.56. The third-order valence-corrected chi connectivity index (χ3v) is 14.0. The lowest BCUT2D eigenvalue weighted by Crippen LogP contribution is -2.52. The zero-order chi connectivity index (χ0) is 43.2. The van der Waals surface area contributed by atoms with Crippen molar-refractivity contribution in [2.24, 2.45) is 11.8 Å². The van der Waals surface area contributed by atoms with Gasteiger partial charge in [0.25, 0.3) is 0 Å². The number of carbonyl (C=O) groups excluding carboxylic acids is 3. The lowest BCUT2D eigenvalue weighted by Gasteiger charge is -2.36. The van der Waals surface area contributed by atoms with Crippen molar-refractivity contribution in [3.8, 4) is 28.1 Å². The molecule has 3 amide bonds. The number of fused-ring (bicyclic) bond motifs is 6. The lowest BCUT2D eigenvalue weighted by atomic mass is 9.83. The molecule has 2 aromatic heterocycles. The highest BCUT2D eigenvalue weighted by Crippen LogP contribution is 2.44. The molecule has 6 atom stereocenters. The zero-order valence-corrected chi connectivity index (χ0v) is 36.8. The van der Waals surface area contributed by atoms with Crippen molar-refractivity contribution >= 4 is 39.7 Å². The third-order valence-electron chi connectivity index (χ3n) is 14.0. The molecule has 9 rings (SSSR count). The van der Waals surface area contributed by atoms with Gasteiger partial charge < -0.3 is 39.3 Å². The largest absolute Gasteiger partial charge is 0.488 e. The second-order valence-corrected chi connectivity index (χ2v) is 18.2. The number of aromatic amines is 2. The van der Waals surface area contributed by atoms with Gasteiger partial charge in [-0.2, -0.15) is 0 Å². The SMILES string of the molecule is COCN[C@H](C(=O)N1[C@@H](C)CC[C@H]1c1nc2c(ccc3cc4c(cc32)OCc2cc(-c3cnc([C@@H]5CC[C@H](C)N5C(=O)[C@@H](NC(=O)OC)C(C)C)[nH]3)ccc2-4)[nH]1)C1CCCCC1. The first kappa shape index (κ1) is 41.9. The fraction of sp³-hybridized carbons (Fsp3) is 0.521. The molecule has 3 aliphatic heterocycles. The number of imidazole rings is 2. The number of carbonyl (C=O) groups is 3. The van der Waals surface area contributed by atoms with Crippen molar-refractivity contribution in [1.82, 2.24) is 40.4 Å². The molecule has 62 heavy (non-hydrogen) atoms. The maximum absolute atomic E-state index is 14.4. The number of methoxy groups -OCH3 is 2. The average molecular weight is 845 g/mol. The van der Waals surface area contributed by atoms with Crippen molar-refractivity contribution < 1.29 is 28.6 Å². The monoisotopic (exact) mass is 844 g/mol. The summed E-state index contributed by atoms with van der Waals surface area (Å²) in [6.45, 7) is 8.79. The Bertz CT molecular complexity index is 2470. The van der Waals surface area contributed by atoms with Crippen LogP contribution in [0.4, 0.5) is 4.79 Å². The van der Waals surface area contributed by atoms with Crippen LogP contribution in [-0.4, -0.2) is 92.8 Å². The van der Waals surface area contributed by atoms with Crippen LogP contribution in [-0.2, 0) is 25.7 Å². The number of aromatic nitrogens is 4. The number of amides is 3. The molecular weight excluding hydrogens is 785 g/mol. The van der Waals surface area contributed by atoms with Gasteiger partial charge in [-0.15, -0.1) is 0 Å². The van der Waals surface area contributed by atoms with E-state index in [0.717, 1.165) is 119 Å². The van der Waals surface area contributed by atoms with Gasteiger partial charge in [0, 0.05) is 30.1 Å². The highest BCUT2D eigenvalue weighted by atomic mass is 16.5. The van der Waals surface area contributed by atoms with E-state index in [-0.39, 0.29) is 47.9 Å². The van der Waals surface area contributed by atoms with Gasteiger partial charge in [-0.1, -0.05) is 51.3 Å². The Balaban J connectivity index is 0.961. The van der Waals surface area contributed by atoms with E-state index in [9.17, 15) is 14.4 Å². The Morgan fingerprint density at radius 2 is 1.60 bits per heavy atom. The fourth-order valence-electron chi connectivity index (χ4n) is 10.6. The van der Waals surface area contributed by atoms with E-state index in [1.807, 2.05) is 31.9 Å². The maximum atomic E-state index is 14.4. The Morgan fingerprint density at radius 3 is 2.32 bits per heavy atom. The summed E-state index contributed by atoms with van der Waals surface area (Å²) in [5.41, 5.74) is 6.87. The topological polar surface area (TPSA) is 167 Å². The van der Waals surface area contributed by atoms with E-state index >= 15 is 0 Å². The molecule has 3 fully saturated rings. The molecule has 14 heteroatoms. The van der Waals surface area contributed by atoms with Gasteiger partial charge in [0.15, 0.2) is 0 Å². The first-order valence-electron chi connectivity index (χ1n) is 22.5. The van der Waals surface area contributed by atoms with E-state index < -0.39 is 12.1 Å². The quantitative estimate of drug-likeness (QED) is 0.0957. The Hall–Kier alpha value is -5.47. The van der Waals surface area contributed by atoms with Crippen molar-refractivity contribution in [2.45, 2.75) is 128 Å². The number of ether oxygens (including phenoxy) is 3. The second-order valence-electron chi connectivity index (χ2n) is 18.2. The molecule has 5 aromatic rings. The van der Waals surface area contributed by atoms with E-state index in [4.69, 9.17) is 24.2 Å². The molecular formula is C48H60N8O6. The number of alkyl carbamates (subject to hydrolysis) is 1. The van der Waals surface area contributed by atoms with Crippen LogP contribution in [0.2, 0.25) is 0 Å². The molecule has 14 nitrogen and oxygen atoms in total. The van der Waals surface area contributed by atoms with Crippen molar-refractivity contribution in [3.05, 3.63) is 65.9 Å². The molecule has 328 valence electrons. The van der Waals surface area contributed by atoms with Gasteiger partial charge >= 0.3 is 6.09 Å². The zero-order valence-electron chi connectivity index (χ0n) is 36.8. The smallest absolute Gasteiger partial charge is 0.407 e. The number of hydrogen-bond acceptors (Lipinski definition) is 9. The molecule has 4 N–H and O–H groups in total. The van der Waals surface area contributed by atoms with Gasteiger partial charge in [0.05, 0.1) is 54.9 Å². The number of rotatable bonds is 11. The van der Waals surface area contributed by atoms with Crippen LogP contribution in [0.5, 0.6) is 5.75 Å². The van der Waals surface area contributed by atoms with Crippen LogP contribution in [0.15, 0.2) is 48.7 Å². The number of H-pyrrole nitrogens is 2. The molecule has 0 radical (unpaired) electrons. The van der Waals surface area contributed by atoms with Crippen molar-refractivity contribution in [2.75, 3.05) is 21.0 Å². The molecule has 5 heterocycles. The first-order valence-corrected chi connectivity index (χ1v) is 22.5. The highest BCUT2D eigenvalue weighted by Gasteiger charge is 2.43. The minimum absolute atomic E-state index is 0.00458. The highest BCUT2D eigenvalue weighted by molar-refractivity contribution is 6.07. The third kappa shape index (κ3) is 7.69. The number of likely N-dealkylation sites (tertiary alicyclic amines) is 2. The van der Waals surface area contributed by atoms with Gasteiger partial charge in [-0.05, 0) is 111 Å². The lowest BCUT2D eigenvalue weighted by molar-refractivity contribution is -0.139. The van der Waals surface area contributed by atoms with E-state index in [1.165, 1.54) is 13.5 Å². The minimum atomic E-state index is -0.708. The van der Waals surface area contributed by atoms with Crippen LogP contribution < -0.4 is 15.4 Å². The van der Waals surface area contributed by atoms with Gasteiger partial charge in [0.1, 0.15) is 30.0 Å². The number of benzene rings is 3. The van der Waals surface area contributed by atoms with Crippen LogP contribution in [0, 0.1) is 11.8 Å².